The number of aromatic nitrogens is 1. The molecule has 0 unspecified atom stereocenters. The molecule has 0 aliphatic carbocycles. The van der Waals surface area contributed by atoms with E-state index in [-0.39, 0.29) is 10.6 Å². The standard InChI is InChI=1S/C21H16FN3O3S2/c1-25-18-4-2-3-5-19(18)29-21(25)23-20(26)14-6-10-16(11-7-14)24-30(27,28)17-12-8-15(22)9-13-17/h2-13,24H,1H3. The SMILES string of the molecule is Cn1c(=NC(=O)c2ccc(NS(=O)(=O)c3ccc(F)cc3)cc2)sc2ccccc21. The molecule has 3 aromatic carbocycles. The number of thiazole rings is 1. The lowest BCUT2D eigenvalue weighted by molar-refractivity contribution is 0.0998. The van der Waals surface area contributed by atoms with Crippen molar-refractivity contribution in [3.63, 3.8) is 0 Å². The van der Waals surface area contributed by atoms with Crippen LogP contribution in [0.3, 0.4) is 0 Å². The Morgan fingerprint density at radius 1 is 1.00 bits per heavy atom. The zero-order valence-electron chi connectivity index (χ0n) is 15.7. The molecule has 4 aromatic rings. The highest BCUT2D eigenvalue weighted by Crippen LogP contribution is 2.18. The summed E-state index contributed by atoms with van der Waals surface area (Å²) in [5.41, 5.74) is 1.60. The number of fused-ring (bicyclic) bond motifs is 1. The van der Waals surface area contributed by atoms with E-state index in [1.54, 1.807) is 0 Å². The van der Waals surface area contributed by atoms with Crippen LogP contribution in [-0.4, -0.2) is 18.9 Å². The van der Waals surface area contributed by atoms with Crippen molar-refractivity contribution in [3.05, 3.63) is 89.0 Å². The van der Waals surface area contributed by atoms with Gasteiger partial charge in [0.25, 0.3) is 15.9 Å². The van der Waals surface area contributed by atoms with Crippen LogP contribution in [0.25, 0.3) is 10.2 Å². The van der Waals surface area contributed by atoms with E-state index in [1.807, 2.05) is 35.9 Å². The maximum atomic E-state index is 13.0. The van der Waals surface area contributed by atoms with E-state index in [0.29, 0.717) is 10.4 Å². The lowest BCUT2D eigenvalue weighted by Gasteiger charge is -2.08. The number of amides is 1. The fraction of sp³-hybridized carbons (Fsp3) is 0.0476. The highest BCUT2D eigenvalue weighted by Gasteiger charge is 2.14. The van der Waals surface area contributed by atoms with E-state index in [1.165, 1.54) is 47.7 Å². The summed E-state index contributed by atoms with van der Waals surface area (Å²) in [6.45, 7) is 0. The highest BCUT2D eigenvalue weighted by molar-refractivity contribution is 7.92. The second-order valence-electron chi connectivity index (χ2n) is 6.47. The van der Waals surface area contributed by atoms with Crippen molar-refractivity contribution in [2.75, 3.05) is 4.72 Å². The Hall–Kier alpha value is -3.30. The van der Waals surface area contributed by atoms with Gasteiger partial charge in [-0.05, 0) is 60.7 Å². The zero-order valence-corrected chi connectivity index (χ0v) is 17.4. The summed E-state index contributed by atoms with van der Waals surface area (Å²) in [5.74, 6) is -0.947. The largest absolute Gasteiger partial charge is 0.319 e. The number of carbonyl (C=O) groups excluding carboxylic acids is 1. The number of halogens is 1. The second-order valence-corrected chi connectivity index (χ2v) is 9.16. The minimum atomic E-state index is -3.86. The third-order valence-corrected chi connectivity index (χ3v) is 6.93. The first kappa shape index (κ1) is 20.0. The van der Waals surface area contributed by atoms with Gasteiger partial charge in [0.15, 0.2) is 4.80 Å². The van der Waals surface area contributed by atoms with Crippen molar-refractivity contribution < 1.29 is 17.6 Å². The lowest BCUT2D eigenvalue weighted by atomic mass is 10.2. The highest BCUT2D eigenvalue weighted by atomic mass is 32.2. The van der Waals surface area contributed by atoms with Gasteiger partial charge in [-0.3, -0.25) is 9.52 Å². The molecule has 0 saturated carbocycles. The first-order valence-corrected chi connectivity index (χ1v) is 11.2. The molecule has 1 heterocycles. The molecule has 0 atom stereocenters. The molecular weight excluding hydrogens is 425 g/mol. The molecule has 0 saturated heterocycles. The lowest BCUT2D eigenvalue weighted by Crippen LogP contribution is -2.14. The molecule has 0 radical (unpaired) electrons. The van der Waals surface area contributed by atoms with Gasteiger partial charge in [-0.15, -0.1) is 0 Å². The molecule has 0 bridgehead atoms. The topological polar surface area (TPSA) is 80.5 Å². The second kappa shape index (κ2) is 7.85. The van der Waals surface area contributed by atoms with Crippen LogP contribution in [-0.2, 0) is 17.1 Å². The zero-order chi connectivity index (χ0) is 21.3. The monoisotopic (exact) mass is 441 g/mol. The minimum absolute atomic E-state index is 0.0590. The summed E-state index contributed by atoms with van der Waals surface area (Å²) >= 11 is 1.41. The molecule has 30 heavy (non-hydrogen) atoms. The Morgan fingerprint density at radius 2 is 1.67 bits per heavy atom. The number of para-hydroxylation sites is 1. The van der Waals surface area contributed by atoms with Crippen molar-refractivity contribution in [2.45, 2.75) is 4.90 Å². The van der Waals surface area contributed by atoms with Crippen LogP contribution >= 0.6 is 11.3 Å². The summed E-state index contributed by atoms with van der Waals surface area (Å²) < 4.78 is 43.0. The number of hydrogen-bond donors (Lipinski definition) is 1. The molecule has 4 rings (SSSR count). The van der Waals surface area contributed by atoms with Crippen molar-refractivity contribution in [1.82, 2.24) is 4.57 Å². The Morgan fingerprint density at radius 3 is 2.33 bits per heavy atom. The van der Waals surface area contributed by atoms with Crippen LogP contribution in [0, 0.1) is 5.82 Å². The number of aryl methyl sites for hydroxylation is 1. The first-order valence-electron chi connectivity index (χ1n) is 8.85. The Balaban J connectivity index is 1.56. The third-order valence-electron chi connectivity index (χ3n) is 4.42. The van der Waals surface area contributed by atoms with E-state index in [9.17, 15) is 17.6 Å². The van der Waals surface area contributed by atoms with Gasteiger partial charge in [0, 0.05) is 18.3 Å². The molecule has 0 aliphatic heterocycles. The fourth-order valence-electron chi connectivity index (χ4n) is 2.85. The van der Waals surface area contributed by atoms with E-state index >= 15 is 0 Å². The van der Waals surface area contributed by atoms with Crippen LogP contribution in [0.2, 0.25) is 0 Å². The number of sulfonamides is 1. The molecule has 0 aliphatic rings. The van der Waals surface area contributed by atoms with Crippen LogP contribution in [0.4, 0.5) is 10.1 Å². The summed E-state index contributed by atoms with van der Waals surface area (Å²) in [7, 11) is -2.01. The van der Waals surface area contributed by atoms with Crippen LogP contribution in [0.1, 0.15) is 10.4 Å². The molecule has 1 amide bonds. The minimum Gasteiger partial charge on any atom is -0.319 e. The van der Waals surface area contributed by atoms with Gasteiger partial charge in [-0.25, -0.2) is 12.8 Å². The molecule has 152 valence electrons. The van der Waals surface area contributed by atoms with Gasteiger partial charge < -0.3 is 4.57 Å². The Kier molecular flexibility index (Phi) is 5.23. The summed E-state index contributed by atoms with van der Waals surface area (Å²) in [4.78, 5) is 17.3. The first-order chi connectivity index (χ1) is 14.3. The molecule has 1 N–H and O–H groups in total. The summed E-state index contributed by atoms with van der Waals surface area (Å²) in [5, 5.41) is 0. The normalized spacial score (nSPS) is 12.3. The van der Waals surface area contributed by atoms with E-state index in [0.717, 1.165) is 22.3 Å². The van der Waals surface area contributed by atoms with Crippen LogP contribution in [0.15, 0.2) is 82.7 Å². The maximum absolute atomic E-state index is 13.0. The average molecular weight is 442 g/mol. The molecule has 0 spiro atoms. The summed E-state index contributed by atoms with van der Waals surface area (Å²) in [6.07, 6.45) is 0. The van der Waals surface area contributed by atoms with Crippen molar-refractivity contribution in [3.8, 4) is 0 Å². The number of rotatable bonds is 4. The van der Waals surface area contributed by atoms with Gasteiger partial charge in [0.05, 0.1) is 15.1 Å². The van der Waals surface area contributed by atoms with Gasteiger partial charge in [0.1, 0.15) is 5.82 Å². The smallest absolute Gasteiger partial charge is 0.279 e. The quantitative estimate of drug-likeness (QED) is 0.521. The third kappa shape index (κ3) is 4.03. The number of nitrogens with one attached hydrogen (secondary N) is 1. The number of anilines is 1. The molecular formula is C21H16FN3O3S2. The van der Waals surface area contributed by atoms with Gasteiger partial charge in [0.2, 0.25) is 0 Å². The Labute approximate surface area is 176 Å². The van der Waals surface area contributed by atoms with Crippen molar-refractivity contribution in [1.29, 1.82) is 0 Å². The van der Waals surface area contributed by atoms with Gasteiger partial charge >= 0.3 is 0 Å². The molecule has 9 heteroatoms. The fourth-order valence-corrected chi connectivity index (χ4v) is 4.92. The number of benzene rings is 3. The number of carbonyl (C=O) groups is 1. The number of hydrogen-bond acceptors (Lipinski definition) is 4. The predicted molar refractivity (Wildman–Crippen MR) is 114 cm³/mol. The van der Waals surface area contributed by atoms with Crippen LogP contribution < -0.4 is 9.52 Å². The molecule has 0 fully saturated rings. The predicted octanol–water partition coefficient (Wildman–Crippen LogP) is 3.92. The number of nitrogens with zero attached hydrogens (tertiary/aromatic N) is 2. The van der Waals surface area contributed by atoms with Crippen LogP contribution in [0.5, 0.6) is 0 Å². The van der Waals surface area contributed by atoms with E-state index < -0.39 is 21.7 Å². The van der Waals surface area contributed by atoms with Gasteiger partial charge in [-0.2, -0.15) is 4.99 Å². The van der Waals surface area contributed by atoms with Gasteiger partial charge in [-0.1, -0.05) is 23.5 Å². The van der Waals surface area contributed by atoms with E-state index in [2.05, 4.69) is 9.71 Å². The maximum Gasteiger partial charge on any atom is 0.279 e. The summed E-state index contributed by atoms with van der Waals surface area (Å²) in [6, 6.07) is 18.2. The molecule has 6 nitrogen and oxygen atoms in total. The Bertz CT molecular complexity index is 1400. The average Bonchev–Trinajstić information content (AvgIpc) is 3.04. The van der Waals surface area contributed by atoms with E-state index in [4.69, 9.17) is 0 Å². The molecule has 1 aromatic heterocycles. The van der Waals surface area contributed by atoms with Crippen molar-refractivity contribution in [2.24, 2.45) is 12.0 Å². The van der Waals surface area contributed by atoms with Crippen molar-refractivity contribution >= 4 is 43.2 Å².